The SMILES string of the molecule is Cc1cccc(C)c1NCCN(CC=O)Cc1ccccc1. The molecular formula is C19H24N2O. The van der Waals surface area contributed by atoms with Crippen molar-refractivity contribution in [2.24, 2.45) is 0 Å². The monoisotopic (exact) mass is 296 g/mol. The third-order valence-electron chi connectivity index (χ3n) is 3.79. The number of aldehydes is 1. The molecule has 1 N–H and O–H groups in total. The number of carbonyl (C=O) groups is 1. The van der Waals surface area contributed by atoms with Crippen molar-refractivity contribution in [3.63, 3.8) is 0 Å². The lowest BCUT2D eigenvalue weighted by Crippen LogP contribution is -2.30. The van der Waals surface area contributed by atoms with E-state index >= 15 is 0 Å². The molecule has 0 aliphatic rings. The molecule has 2 aromatic carbocycles. The molecule has 0 heterocycles. The summed E-state index contributed by atoms with van der Waals surface area (Å²) >= 11 is 0. The highest BCUT2D eigenvalue weighted by molar-refractivity contribution is 5.56. The molecule has 2 aromatic rings. The Morgan fingerprint density at radius 2 is 1.68 bits per heavy atom. The van der Waals surface area contributed by atoms with Crippen LogP contribution in [0.1, 0.15) is 16.7 Å². The molecule has 0 bridgehead atoms. The lowest BCUT2D eigenvalue weighted by Gasteiger charge is -2.21. The topological polar surface area (TPSA) is 32.3 Å². The van der Waals surface area contributed by atoms with Crippen LogP contribution in [-0.2, 0) is 11.3 Å². The van der Waals surface area contributed by atoms with Crippen molar-refractivity contribution in [2.75, 3.05) is 25.0 Å². The van der Waals surface area contributed by atoms with Gasteiger partial charge in [0.2, 0.25) is 0 Å². The number of rotatable bonds is 8. The normalized spacial score (nSPS) is 10.7. The fraction of sp³-hybridized carbons (Fsp3) is 0.316. The van der Waals surface area contributed by atoms with Gasteiger partial charge in [-0.25, -0.2) is 0 Å². The van der Waals surface area contributed by atoms with E-state index in [0.717, 1.165) is 25.9 Å². The zero-order valence-electron chi connectivity index (χ0n) is 13.4. The van der Waals surface area contributed by atoms with Gasteiger partial charge >= 0.3 is 0 Å². The molecule has 116 valence electrons. The van der Waals surface area contributed by atoms with Gasteiger partial charge in [-0.1, -0.05) is 48.5 Å². The Hall–Kier alpha value is -2.13. The number of carbonyl (C=O) groups excluding carboxylic acids is 1. The molecule has 0 aromatic heterocycles. The average molecular weight is 296 g/mol. The molecule has 0 fully saturated rings. The number of benzene rings is 2. The zero-order chi connectivity index (χ0) is 15.8. The van der Waals surface area contributed by atoms with Crippen molar-refractivity contribution in [3.8, 4) is 0 Å². The Balaban J connectivity index is 1.90. The summed E-state index contributed by atoms with van der Waals surface area (Å²) < 4.78 is 0. The smallest absolute Gasteiger partial charge is 0.133 e. The van der Waals surface area contributed by atoms with E-state index in [0.29, 0.717) is 6.54 Å². The van der Waals surface area contributed by atoms with E-state index in [1.165, 1.54) is 22.4 Å². The summed E-state index contributed by atoms with van der Waals surface area (Å²) in [5.74, 6) is 0. The number of hydrogen-bond acceptors (Lipinski definition) is 3. The van der Waals surface area contributed by atoms with Gasteiger partial charge in [-0.3, -0.25) is 4.90 Å². The second kappa shape index (κ2) is 8.35. The van der Waals surface area contributed by atoms with Crippen LogP contribution >= 0.6 is 0 Å². The molecule has 3 heteroatoms. The number of nitrogens with zero attached hydrogens (tertiary/aromatic N) is 1. The standard InChI is InChI=1S/C19H24N2O/c1-16-7-6-8-17(2)19(16)20-11-12-21(13-14-22)15-18-9-4-3-5-10-18/h3-10,14,20H,11-13,15H2,1-2H3. The zero-order valence-corrected chi connectivity index (χ0v) is 13.4. The summed E-state index contributed by atoms with van der Waals surface area (Å²) in [4.78, 5) is 13.0. The maximum absolute atomic E-state index is 10.9. The molecule has 0 amide bonds. The fourth-order valence-corrected chi connectivity index (χ4v) is 2.61. The van der Waals surface area contributed by atoms with E-state index in [9.17, 15) is 4.79 Å². The summed E-state index contributed by atoms with van der Waals surface area (Å²) in [6.45, 7) is 7.15. The van der Waals surface area contributed by atoms with Crippen molar-refractivity contribution < 1.29 is 4.79 Å². The van der Waals surface area contributed by atoms with Crippen molar-refractivity contribution in [2.45, 2.75) is 20.4 Å². The maximum Gasteiger partial charge on any atom is 0.133 e. The number of para-hydroxylation sites is 1. The minimum atomic E-state index is 0.462. The lowest BCUT2D eigenvalue weighted by molar-refractivity contribution is -0.108. The Bertz CT molecular complexity index is 575. The van der Waals surface area contributed by atoms with Crippen LogP contribution in [0.5, 0.6) is 0 Å². The lowest BCUT2D eigenvalue weighted by atomic mass is 10.1. The molecule has 0 saturated carbocycles. The van der Waals surface area contributed by atoms with Crippen LogP contribution in [-0.4, -0.2) is 30.8 Å². The molecule has 0 spiro atoms. The third-order valence-corrected chi connectivity index (χ3v) is 3.79. The second-order valence-electron chi connectivity index (χ2n) is 5.58. The largest absolute Gasteiger partial charge is 0.383 e. The number of nitrogens with one attached hydrogen (secondary N) is 1. The van der Waals surface area contributed by atoms with Crippen molar-refractivity contribution in [1.82, 2.24) is 4.90 Å². The molecule has 0 unspecified atom stereocenters. The van der Waals surface area contributed by atoms with Crippen LogP contribution in [0.15, 0.2) is 48.5 Å². The molecule has 0 aliphatic heterocycles. The van der Waals surface area contributed by atoms with E-state index < -0.39 is 0 Å². The average Bonchev–Trinajstić information content (AvgIpc) is 2.51. The van der Waals surface area contributed by atoms with Gasteiger partial charge in [-0.05, 0) is 30.5 Å². The number of anilines is 1. The molecule has 3 nitrogen and oxygen atoms in total. The summed E-state index contributed by atoms with van der Waals surface area (Å²) in [5.41, 5.74) is 4.94. The van der Waals surface area contributed by atoms with Gasteiger partial charge in [0.05, 0.1) is 6.54 Å². The Morgan fingerprint density at radius 1 is 1.00 bits per heavy atom. The summed E-state index contributed by atoms with van der Waals surface area (Å²) in [5, 5.41) is 3.50. The minimum Gasteiger partial charge on any atom is -0.383 e. The van der Waals surface area contributed by atoms with Crippen LogP contribution in [0.2, 0.25) is 0 Å². The summed E-state index contributed by atoms with van der Waals surface area (Å²) in [6.07, 6.45) is 0.974. The van der Waals surface area contributed by atoms with E-state index in [4.69, 9.17) is 0 Å². The van der Waals surface area contributed by atoms with E-state index in [1.807, 2.05) is 18.2 Å². The van der Waals surface area contributed by atoms with Crippen LogP contribution in [0, 0.1) is 13.8 Å². The first-order valence-electron chi connectivity index (χ1n) is 7.70. The predicted octanol–water partition coefficient (Wildman–Crippen LogP) is 3.42. The van der Waals surface area contributed by atoms with Crippen LogP contribution in [0.3, 0.4) is 0 Å². The minimum absolute atomic E-state index is 0.462. The van der Waals surface area contributed by atoms with Gasteiger partial charge in [-0.2, -0.15) is 0 Å². The first-order chi connectivity index (χ1) is 10.7. The molecule has 0 atom stereocenters. The molecule has 0 radical (unpaired) electrons. The predicted molar refractivity (Wildman–Crippen MR) is 92.2 cm³/mol. The maximum atomic E-state index is 10.9. The highest BCUT2D eigenvalue weighted by Gasteiger charge is 2.06. The van der Waals surface area contributed by atoms with Gasteiger partial charge in [-0.15, -0.1) is 0 Å². The Morgan fingerprint density at radius 3 is 2.32 bits per heavy atom. The second-order valence-corrected chi connectivity index (χ2v) is 5.58. The molecular weight excluding hydrogens is 272 g/mol. The van der Waals surface area contributed by atoms with Gasteiger partial charge in [0, 0.05) is 25.3 Å². The Kier molecular flexibility index (Phi) is 6.16. The van der Waals surface area contributed by atoms with Gasteiger partial charge in [0.25, 0.3) is 0 Å². The Labute approximate surface area is 133 Å². The van der Waals surface area contributed by atoms with Gasteiger partial charge in [0.1, 0.15) is 6.29 Å². The summed E-state index contributed by atoms with van der Waals surface area (Å²) in [6, 6.07) is 16.6. The van der Waals surface area contributed by atoms with Crippen molar-refractivity contribution in [1.29, 1.82) is 0 Å². The third kappa shape index (κ3) is 4.71. The van der Waals surface area contributed by atoms with Crippen LogP contribution in [0.25, 0.3) is 0 Å². The van der Waals surface area contributed by atoms with Crippen molar-refractivity contribution >= 4 is 12.0 Å². The van der Waals surface area contributed by atoms with E-state index in [1.54, 1.807) is 0 Å². The fourth-order valence-electron chi connectivity index (χ4n) is 2.61. The molecule has 0 saturated heterocycles. The quantitative estimate of drug-likeness (QED) is 0.758. The highest BCUT2D eigenvalue weighted by Crippen LogP contribution is 2.18. The molecule has 22 heavy (non-hydrogen) atoms. The number of aryl methyl sites for hydroxylation is 2. The van der Waals surface area contributed by atoms with E-state index in [-0.39, 0.29) is 0 Å². The van der Waals surface area contributed by atoms with Crippen LogP contribution < -0.4 is 5.32 Å². The van der Waals surface area contributed by atoms with Crippen molar-refractivity contribution in [3.05, 3.63) is 65.2 Å². The van der Waals surface area contributed by atoms with E-state index in [2.05, 4.69) is 54.4 Å². The van der Waals surface area contributed by atoms with Gasteiger partial charge in [0.15, 0.2) is 0 Å². The number of hydrogen-bond donors (Lipinski definition) is 1. The van der Waals surface area contributed by atoms with Crippen LogP contribution in [0.4, 0.5) is 5.69 Å². The van der Waals surface area contributed by atoms with Gasteiger partial charge < -0.3 is 10.1 Å². The first kappa shape index (κ1) is 16.2. The molecule has 0 aliphatic carbocycles. The first-order valence-corrected chi connectivity index (χ1v) is 7.70. The molecule has 2 rings (SSSR count). The highest BCUT2D eigenvalue weighted by atomic mass is 16.1. The summed E-state index contributed by atoms with van der Waals surface area (Å²) in [7, 11) is 0.